The molecule has 0 rings (SSSR count). The molecule has 1 N–H and O–H groups in total. The van der Waals surface area contributed by atoms with Gasteiger partial charge in [0.2, 0.25) is 0 Å². The van der Waals surface area contributed by atoms with Gasteiger partial charge in [-0.25, -0.2) is 0 Å². The number of hydrogen-bond donors (Lipinski definition) is 1. The third kappa shape index (κ3) is 6.47. The van der Waals surface area contributed by atoms with Crippen molar-refractivity contribution in [2.24, 2.45) is 0 Å². The maximum Gasteiger partial charge on any atom is 0.418 e. The van der Waals surface area contributed by atoms with Crippen LogP contribution in [0.2, 0.25) is 0 Å². The zero-order valence-electron chi connectivity index (χ0n) is 9.10. The molecule has 0 saturated carbocycles. The number of halogens is 6. The molecule has 1 atom stereocenters. The number of nitrogens with zero attached hydrogens (tertiary/aromatic N) is 1. The molecule has 2 nitrogen and oxygen atoms in total. The molecule has 0 bridgehead atoms. The van der Waals surface area contributed by atoms with E-state index in [2.05, 4.69) is 0 Å². The van der Waals surface area contributed by atoms with Crippen LogP contribution in [0.5, 0.6) is 0 Å². The van der Waals surface area contributed by atoms with Crippen molar-refractivity contribution < 1.29 is 47.9 Å². The third-order valence-electron chi connectivity index (χ3n) is 2.09. The summed E-state index contributed by atoms with van der Waals surface area (Å²) in [6, 6.07) is 0. The van der Waals surface area contributed by atoms with Crippen molar-refractivity contribution >= 4 is 0 Å². The van der Waals surface area contributed by atoms with E-state index in [0.717, 1.165) is 4.90 Å². The second-order valence-corrected chi connectivity index (χ2v) is 3.65. The minimum absolute atomic E-state index is 0. The quantitative estimate of drug-likeness (QED) is 0.635. The van der Waals surface area contributed by atoms with Crippen LogP contribution in [0.1, 0.15) is 13.3 Å². The van der Waals surface area contributed by atoms with Gasteiger partial charge in [-0.3, -0.25) is 0 Å². The van der Waals surface area contributed by atoms with Crippen molar-refractivity contribution in [2.45, 2.75) is 31.3 Å². The number of hydrogen-bond acceptors (Lipinski definition) is 2. The summed E-state index contributed by atoms with van der Waals surface area (Å²) in [7, 11) is 1.20. The van der Waals surface area contributed by atoms with Gasteiger partial charge in [-0.1, -0.05) is 6.92 Å². The molecule has 108 valence electrons. The molecule has 0 amide bonds. The first-order valence-electron chi connectivity index (χ1n) is 4.45. The molecule has 0 fully saturated rings. The van der Waals surface area contributed by atoms with E-state index in [9.17, 15) is 26.3 Å². The van der Waals surface area contributed by atoms with Gasteiger partial charge in [0.15, 0.2) is 5.60 Å². The van der Waals surface area contributed by atoms with E-state index < -0.39 is 30.9 Å². The van der Waals surface area contributed by atoms with Crippen molar-refractivity contribution in [1.29, 1.82) is 0 Å². The summed E-state index contributed by atoms with van der Waals surface area (Å²) in [4.78, 5) is 0.971. The number of alkyl halides is 6. The Kier molecular flexibility index (Phi) is 7.10. The summed E-state index contributed by atoms with van der Waals surface area (Å²) in [6.45, 7) is 0.479. The van der Waals surface area contributed by atoms with Crippen LogP contribution >= 0.6 is 0 Å². The van der Waals surface area contributed by atoms with Crippen LogP contribution in [0.15, 0.2) is 0 Å². The zero-order valence-corrected chi connectivity index (χ0v) is 10.1. The van der Waals surface area contributed by atoms with Gasteiger partial charge < -0.3 is 10.0 Å². The van der Waals surface area contributed by atoms with E-state index in [1.54, 1.807) is 0 Å². The van der Waals surface area contributed by atoms with Crippen molar-refractivity contribution in [3.63, 3.8) is 0 Å². The van der Waals surface area contributed by atoms with Crippen LogP contribution in [0.3, 0.4) is 0 Å². The van der Waals surface area contributed by atoms with Crippen molar-refractivity contribution in [1.82, 2.24) is 4.90 Å². The fourth-order valence-corrected chi connectivity index (χ4v) is 1.14. The predicted octanol–water partition coefficient (Wildman–Crippen LogP) is 2.18. The van der Waals surface area contributed by atoms with Gasteiger partial charge in [0.05, 0.1) is 6.42 Å². The first-order chi connectivity index (χ1) is 6.91. The van der Waals surface area contributed by atoms with E-state index in [-0.39, 0.29) is 23.0 Å². The summed E-state index contributed by atoms with van der Waals surface area (Å²) in [5.41, 5.74) is -3.75. The number of likely N-dealkylation sites (N-methyl/N-ethyl adjacent to an activating group) is 1. The largest absolute Gasteiger partial charge is 0.418 e. The van der Waals surface area contributed by atoms with E-state index in [4.69, 9.17) is 5.11 Å². The van der Waals surface area contributed by atoms with Crippen LogP contribution in [-0.2, 0) is 16.5 Å². The van der Waals surface area contributed by atoms with Crippen molar-refractivity contribution in [3.8, 4) is 0 Å². The zero-order chi connectivity index (χ0) is 13.2. The average Bonchev–Trinajstić information content (AvgIpc) is 1.98. The maximum absolute atomic E-state index is 12.4. The normalized spacial score (nSPS) is 16.6. The summed E-state index contributed by atoms with van der Waals surface area (Å²) < 4.78 is 72.9. The maximum atomic E-state index is 12.4. The van der Waals surface area contributed by atoms with E-state index >= 15 is 0 Å². The first-order valence-corrected chi connectivity index (χ1v) is 4.45. The molecule has 0 aromatic heterocycles. The Morgan fingerprint density at radius 3 is 1.71 bits per heavy atom. The van der Waals surface area contributed by atoms with E-state index in [0.29, 0.717) is 0 Å². The molecule has 0 aromatic rings. The molecule has 9 heteroatoms. The molecular formula is C8H13F6NNiO. The second-order valence-electron chi connectivity index (χ2n) is 3.65. The van der Waals surface area contributed by atoms with Crippen molar-refractivity contribution in [3.05, 3.63) is 0 Å². The molecule has 0 aromatic carbocycles. The molecule has 0 aliphatic rings. The van der Waals surface area contributed by atoms with E-state index in [1.165, 1.54) is 14.0 Å². The monoisotopic (exact) mass is 311 g/mol. The fraction of sp³-hybridized carbons (Fsp3) is 1.00. The van der Waals surface area contributed by atoms with Crippen LogP contribution in [-0.4, -0.2) is 48.1 Å². The minimum Gasteiger partial charge on any atom is -0.379 e. The van der Waals surface area contributed by atoms with Crippen molar-refractivity contribution in [2.75, 3.05) is 20.1 Å². The molecule has 17 heavy (non-hydrogen) atoms. The van der Waals surface area contributed by atoms with E-state index in [1.807, 2.05) is 0 Å². The molecule has 0 saturated heterocycles. The molecule has 0 radical (unpaired) electrons. The Bertz CT molecular complexity index is 231. The third-order valence-corrected chi connectivity index (χ3v) is 2.09. The molecule has 0 aliphatic heterocycles. The molecule has 0 heterocycles. The van der Waals surface area contributed by atoms with Gasteiger partial charge in [0, 0.05) is 23.0 Å². The smallest absolute Gasteiger partial charge is 0.379 e. The van der Waals surface area contributed by atoms with Crippen LogP contribution in [0.25, 0.3) is 0 Å². The summed E-state index contributed by atoms with van der Waals surface area (Å²) in [6.07, 6.45) is -12.7. The number of rotatable bonds is 4. The Balaban J connectivity index is 0. The predicted molar refractivity (Wildman–Crippen MR) is 44.8 cm³/mol. The SMILES string of the molecule is CCN(C)CC(O)(CC(F)(F)F)C(F)(F)F.[Ni]. The molecule has 0 aliphatic carbocycles. The summed E-state index contributed by atoms with van der Waals surface area (Å²) in [5, 5.41) is 9.10. The van der Waals surface area contributed by atoms with Gasteiger partial charge in [-0.05, 0) is 13.6 Å². The Morgan fingerprint density at radius 1 is 1.06 bits per heavy atom. The number of aliphatic hydroxyl groups is 1. The van der Waals surface area contributed by atoms with Gasteiger partial charge in [0.25, 0.3) is 0 Å². The summed E-state index contributed by atoms with van der Waals surface area (Å²) >= 11 is 0. The van der Waals surface area contributed by atoms with Crippen LogP contribution < -0.4 is 0 Å². The van der Waals surface area contributed by atoms with Crippen LogP contribution in [0.4, 0.5) is 26.3 Å². The standard InChI is InChI=1S/C8H13F6NO.Ni/c1-3-15(2)5-6(16,8(12,13)14)4-7(9,10)11;/h16H,3-5H2,1-2H3;. The first kappa shape index (κ1) is 19.3. The van der Waals surface area contributed by atoms with Gasteiger partial charge >= 0.3 is 12.4 Å². The Morgan fingerprint density at radius 2 is 1.47 bits per heavy atom. The molecule has 1 unspecified atom stereocenters. The van der Waals surface area contributed by atoms with Gasteiger partial charge in [0.1, 0.15) is 0 Å². The van der Waals surface area contributed by atoms with Gasteiger partial charge in [-0.2, -0.15) is 26.3 Å². The van der Waals surface area contributed by atoms with Gasteiger partial charge in [-0.15, -0.1) is 0 Å². The topological polar surface area (TPSA) is 23.5 Å². The Hall–Kier alpha value is -0.00649. The second kappa shape index (κ2) is 6.25. The molecule has 0 spiro atoms. The Labute approximate surface area is 105 Å². The summed E-state index contributed by atoms with van der Waals surface area (Å²) in [5.74, 6) is 0. The fourth-order valence-electron chi connectivity index (χ4n) is 1.14. The average molecular weight is 312 g/mol. The molecular weight excluding hydrogens is 299 g/mol. The minimum atomic E-state index is -5.31. The van der Waals surface area contributed by atoms with Crippen LogP contribution in [0, 0.1) is 0 Å².